The molecule has 0 unspecified atom stereocenters. The monoisotopic (exact) mass is 289 g/mol. The molecule has 1 heterocycles. The lowest BCUT2D eigenvalue weighted by molar-refractivity contribution is 0.288. The first-order chi connectivity index (χ1) is 10.3. The molecule has 0 amide bonds. The van der Waals surface area contributed by atoms with Crippen LogP contribution in [-0.2, 0) is 13.1 Å². The highest BCUT2D eigenvalue weighted by atomic mass is 16.5. The number of nitrogens with one attached hydrogen (secondary N) is 2. The van der Waals surface area contributed by atoms with Crippen LogP contribution in [-0.4, -0.2) is 23.7 Å². The van der Waals surface area contributed by atoms with Gasteiger partial charge in [0.2, 0.25) is 0 Å². The van der Waals surface area contributed by atoms with Crippen LogP contribution in [0.15, 0.2) is 30.6 Å². The SMILES string of the molecule is CCCCOc1ccc(CNCc2ncc[nH]2)cc1OC. The Morgan fingerprint density at radius 2 is 2.14 bits per heavy atom. The van der Waals surface area contributed by atoms with Crippen molar-refractivity contribution in [2.24, 2.45) is 0 Å². The number of aromatic nitrogens is 2. The Hall–Kier alpha value is -2.01. The van der Waals surface area contributed by atoms with Gasteiger partial charge < -0.3 is 19.8 Å². The maximum absolute atomic E-state index is 5.73. The van der Waals surface area contributed by atoms with Gasteiger partial charge in [-0.05, 0) is 24.1 Å². The molecule has 0 aliphatic heterocycles. The molecule has 0 bridgehead atoms. The van der Waals surface area contributed by atoms with Crippen LogP contribution < -0.4 is 14.8 Å². The summed E-state index contributed by atoms with van der Waals surface area (Å²) in [6.45, 7) is 4.34. The van der Waals surface area contributed by atoms with Gasteiger partial charge in [-0.3, -0.25) is 0 Å². The molecule has 0 fully saturated rings. The lowest BCUT2D eigenvalue weighted by atomic mass is 10.2. The summed E-state index contributed by atoms with van der Waals surface area (Å²) in [6, 6.07) is 6.04. The number of unbranched alkanes of at least 4 members (excludes halogenated alkanes) is 1. The molecule has 0 aliphatic rings. The van der Waals surface area contributed by atoms with E-state index in [1.54, 1.807) is 13.3 Å². The summed E-state index contributed by atoms with van der Waals surface area (Å²) in [5.41, 5.74) is 1.15. The van der Waals surface area contributed by atoms with E-state index in [0.717, 1.165) is 48.9 Å². The Morgan fingerprint density at radius 1 is 1.24 bits per heavy atom. The van der Waals surface area contributed by atoms with Gasteiger partial charge in [-0.15, -0.1) is 0 Å². The summed E-state index contributed by atoms with van der Waals surface area (Å²) in [6.07, 6.45) is 5.75. The molecule has 5 heteroatoms. The molecule has 5 nitrogen and oxygen atoms in total. The quantitative estimate of drug-likeness (QED) is 0.697. The molecular weight excluding hydrogens is 266 g/mol. The van der Waals surface area contributed by atoms with Crippen molar-refractivity contribution in [1.82, 2.24) is 15.3 Å². The first-order valence-corrected chi connectivity index (χ1v) is 7.32. The average Bonchev–Trinajstić information content (AvgIpc) is 3.02. The number of benzene rings is 1. The Labute approximate surface area is 125 Å². The molecule has 2 rings (SSSR count). The fourth-order valence-corrected chi connectivity index (χ4v) is 1.99. The van der Waals surface area contributed by atoms with Crippen LogP contribution in [0.3, 0.4) is 0 Å². The lowest BCUT2D eigenvalue weighted by Crippen LogP contribution is -2.13. The second-order valence-corrected chi connectivity index (χ2v) is 4.83. The van der Waals surface area contributed by atoms with E-state index in [-0.39, 0.29) is 0 Å². The van der Waals surface area contributed by atoms with Gasteiger partial charge in [-0.2, -0.15) is 0 Å². The topological polar surface area (TPSA) is 59.2 Å². The molecule has 21 heavy (non-hydrogen) atoms. The van der Waals surface area contributed by atoms with Gasteiger partial charge in [-0.25, -0.2) is 4.98 Å². The largest absolute Gasteiger partial charge is 0.493 e. The third-order valence-corrected chi connectivity index (χ3v) is 3.16. The number of aromatic amines is 1. The van der Waals surface area contributed by atoms with Crippen LogP contribution in [0.2, 0.25) is 0 Å². The maximum atomic E-state index is 5.73. The van der Waals surface area contributed by atoms with Gasteiger partial charge in [0.1, 0.15) is 5.82 Å². The smallest absolute Gasteiger partial charge is 0.161 e. The first kappa shape index (κ1) is 15.4. The van der Waals surface area contributed by atoms with E-state index in [2.05, 4.69) is 28.3 Å². The fourth-order valence-electron chi connectivity index (χ4n) is 1.99. The number of nitrogens with zero attached hydrogens (tertiary/aromatic N) is 1. The average molecular weight is 289 g/mol. The third kappa shape index (κ3) is 4.79. The second kappa shape index (κ2) is 8.32. The van der Waals surface area contributed by atoms with Crippen LogP contribution in [0.25, 0.3) is 0 Å². The van der Waals surface area contributed by atoms with E-state index >= 15 is 0 Å². The predicted octanol–water partition coefficient (Wildman–Crippen LogP) is 2.89. The Kier molecular flexibility index (Phi) is 6.09. The van der Waals surface area contributed by atoms with Crippen molar-refractivity contribution in [3.8, 4) is 11.5 Å². The van der Waals surface area contributed by atoms with Crippen LogP contribution in [0.1, 0.15) is 31.2 Å². The first-order valence-electron chi connectivity index (χ1n) is 7.32. The maximum Gasteiger partial charge on any atom is 0.161 e. The molecule has 2 N–H and O–H groups in total. The molecule has 0 atom stereocenters. The van der Waals surface area contributed by atoms with Crippen LogP contribution >= 0.6 is 0 Å². The number of H-pyrrole nitrogens is 1. The molecule has 0 aliphatic carbocycles. The van der Waals surface area contributed by atoms with Gasteiger partial charge in [0, 0.05) is 18.9 Å². The highest BCUT2D eigenvalue weighted by Crippen LogP contribution is 2.28. The van der Waals surface area contributed by atoms with E-state index in [1.807, 2.05) is 18.3 Å². The van der Waals surface area contributed by atoms with E-state index in [0.29, 0.717) is 6.54 Å². The number of methoxy groups -OCH3 is 1. The van der Waals surface area contributed by atoms with Gasteiger partial charge >= 0.3 is 0 Å². The van der Waals surface area contributed by atoms with Crippen LogP contribution in [0.4, 0.5) is 0 Å². The van der Waals surface area contributed by atoms with E-state index in [4.69, 9.17) is 9.47 Å². The zero-order valence-electron chi connectivity index (χ0n) is 12.7. The summed E-state index contributed by atoms with van der Waals surface area (Å²) in [7, 11) is 1.67. The highest BCUT2D eigenvalue weighted by Gasteiger charge is 2.06. The number of ether oxygens (including phenoxy) is 2. The minimum absolute atomic E-state index is 0.712. The molecule has 0 saturated carbocycles. The Morgan fingerprint density at radius 3 is 2.86 bits per heavy atom. The van der Waals surface area contributed by atoms with Crippen molar-refractivity contribution >= 4 is 0 Å². The number of rotatable bonds is 9. The van der Waals surface area contributed by atoms with Crippen molar-refractivity contribution in [1.29, 1.82) is 0 Å². The summed E-state index contributed by atoms with van der Waals surface area (Å²) < 4.78 is 11.1. The molecule has 2 aromatic rings. The zero-order valence-corrected chi connectivity index (χ0v) is 12.7. The van der Waals surface area contributed by atoms with Crippen LogP contribution in [0, 0.1) is 0 Å². The summed E-state index contributed by atoms with van der Waals surface area (Å²) in [4.78, 5) is 7.24. The standard InChI is InChI=1S/C16H23N3O2/c1-3-4-9-21-14-6-5-13(10-15(14)20-2)11-17-12-16-18-7-8-19-16/h5-8,10,17H,3-4,9,11-12H2,1-2H3,(H,18,19). The van der Waals surface area contributed by atoms with Crippen molar-refractivity contribution in [2.75, 3.05) is 13.7 Å². The molecule has 0 saturated heterocycles. The van der Waals surface area contributed by atoms with E-state index in [9.17, 15) is 0 Å². The third-order valence-electron chi connectivity index (χ3n) is 3.16. The minimum Gasteiger partial charge on any atom is -0.493 e. The van der Waals surface area contributed by atoms with Crippen molar-refractivity contribution in [3.05, 3.63) is 42.0 Å². The molecule has 1 aromatic carbocycles. The molecular formula is C16H23N3O2. The zero-order chi connectivity index (χ0) is 14.9. The lowest BCUT2D eigenvalue weighted by Gasteiger charge is -2.12. The van der Waals surface area contributed by atoms with Gasteiger partial charge in [0.15, 0.2) is 11.5 Å². The number of hydrogen-bond acceptors (Lipinski definition) is 4. The summed E-state index contributed by atoms with van der Waals surface area (Å²) in [5, 5.41) is 3.34. The normalized spacial score (nSPS) is 10.6. The highest BCUT2D eigenvalue weighted by molar-refractivity contribution is 5.42. The molecule has 0 radical (unpaired) electrons. The van der Waals surface area contributed by atoms with Gasteiger partial charge in [-0.1, -0.05) is 19.4 Å². The van der Waals surface area contributed by atoms with Crippen molar-refractivity contribution in [3.63, 3.8) is 0 Å². The van der Waals surface area contributed by atoms with Gasteiger partial charge in [0.05, 0.1) is 20.3 Å². The molecule has 0 spiro atoms. The summed E-state index contributed by atoms with van der Waals surface area (Å²) >= 11 is 0. The summed E-state index contributed by atoms with van der Waals surface area (Å²) in [5.74, 6) is 2.52. The van der Waals surface area contributed by atoms with E-state index in [1.165, 1.54) is 0 Å². The van der Waals surface area contributed by atoms with Crippen molar-refractivity contribution < 1.29 is 9.47 Å². The van der Waals surface area contributed by atoms with E-state index < -0.39 is 0 Å². The minimum atomic E-state index is 0.712. The van der Waals surface area contributed by atoms with Crippen molar-refractivity contribution in [2.45, 2.75) is 32.9 Å². The second-order valence-electron chi connectivity index (χ2n) is 4.83. The van der Waals surface area contributed by atoms with Gasteiger partial charge in [0.25, 0.3) is 0 Å². The van der Waals surface area contributed by atoms with Crippen LogP contribution in [0.5, 0.6) is 11.5 Å². The molecule has 114 valence electrons. The fraction of sp³-hybridized carbons (Fsp3) is 0.438. The Bertz CT molecular complexity index is 526. The number of imidazole rings is 1. The molecule has 1 aromatic heterocycles. The predicted molar refractivity (Wildman–Crippen MR) is 82.5 cm³/mol. The number of hydrogen-bond donors (Lipinski definition) is 2. The Balaban J connectivity index is 1.88.